The van der Waals surface area contributed by atoms with Crippen LogP contribution in [0.25, 0.3) is 0 Å². The highest BCUT2D eigenvalue weighted by atomic mass is 35.5. The van der Waals surface area contributed by atoms with Crippen LogP contribution in [0.5, 0.6) is 11.6 Å². The number of rotatable bonds is 5. The average molecular weight is 295 g/mol. The van der Waals surface area contributed by atoms with Gasteiger partial charge in [0.2, 0.25) is 0 Å². The molecule has 3 nitrogen and oxygen atoms in total. The fourth-order valence-electron chi connectivity index (χ4n) is 1.62. The van der Waals surface area contributed by atoms with Gasteiger partial charge in [-0.3, -0.25) is 0 Å². The molecule has 0 spiro atoms. The highest BCUT2D eigenvalue weighted by Crippen LogP contribution is 2.29. The van der Waals surface area contributed by atoms with Gasteiger partial charge < -0.3 is 10.1 Å². The van der Waals surface area contributed by atoms with Crippen molar-refractivity contribution < 1.29 is 9.13 Å². The summed E-state index contributed by atoms with van der Waals surface area (Å²) in [7, 11) is 0. The van der Waals surface area contributed by atoms with E-state index < -0.39 is 5.82 Å². The molecule has 0 saturated heterocycles. The first-order valence-electron chi connectivity index (χ1n) is 6.37. The standard InChI is InChI=1S/C15H16ClFN2O/c1-10(2)19-9-11-7-8-18-15(14(11)17)20-13-6-4-3-5-12(13)16/h3-8,10,19H,9H2,1-2H3. The molecule has 0 unspecified atom stereocenters. The maximum absolute atomic E-state index is 14.3. The van der Waals surface area contributed by atoms with Crippen molar-refractivity contribution in [3.63, 3.8) is 0 Å². The lowest BCUT2D eigenvalue weighted by Crippen LogP contribution is -2.22. The fourth-order valence-corrected chi connectivity index (χ4v) is 1.79. The Morgan fingerprint density at radius 2 is 2.05 bits per heavy atom. The minimum Gasteiger partial charge on any atom is -0.435 e. The number of pyridine rings is 1. The van der Waals surface area contributed by atoms with Crippen LogP contribution in [0.3, 0.4) is 0 Å². The van der Waals surface area contributed by atoms with Gasteiger partial charge in [-0.25, -0.2) is 9.37 Å². The van der Waals surface area contributed by atoms with Crippen LogP contribution in [0.2, 0.25) is 5.02 Å². The normalized spacial score (nSPS) is 10.8. The number of aromatic nitrogens is 1. The molecular formula is C15H16ClFN2O. The van der Waals surface area contributed by atoms with E-state index in [-0.39, 0.29) is 11.9 Å². The van der Waals surface area contributed by atoms with Gasteiger partial charge in [0.25, 0.3) is 5.88 Å². The third-order valence-corrected chi connectivity index (χ3v) is 2.99. The Balaban J connectivity index is 2.20. The first kappa shape index (κ1) is 14.8. The predicted molar refractivity (Wildman–Crippen MR) is 77.7 cm³/mol. The molecule has 1 aromatic heterocycles. The summed E-state index contributed by atoms with van der Waals surface area (Å²) in [4.78, 5) is 3.92. The number of hydrogen-bond acceptors (Lipinski definition) is 3. The van der Waals surface area contributed by atoms with Crippen molar-refractivity contribution >= 4 is 11.6 Å². The highest BCUT2D eigenvalue weighted by Gasteiger charge is 2.13. The Labute approximate surface area is 122 Å². The molecule has 0 aliphatic heterocycles. The van der Waals surface area contributed by atoms with E-state index in [0.717, 1.165) is 0 Å². The molecule has 0 amide bonds. The quantitative estimate of drug-likeness (QED) is 0.899. The maximum Gasteiger partial charge on any atom is 0.256 e. The largest absolute Gasteiger partial charge is 0.435 e. The second-order valence-electron chi connectivity index (χ2n) is 4.66. The summed E-state index contributed by atoms with van der Waals surface area (Å²) < 4.78 is 19.7. The number of hydrogen-bond donors (Lipinski definition) is 1. The smallest absolute Gasteiger partial charge is 0.256 e. The third kappa shape index (κ3) is 3.68. The molecule has 0 radical (unpaired) electrons. The summed E-state index contributed by atoms with van der Waals surface area (Å²) in [5.74, 6) is -0.156. The van der Waals surface area contributed by atoms with Crippen LogP contribution in [0, 0.1) is 5.82 Å². The molecule has 1 N–H and O–H groups in total. The molecule has 20 heavy (non-hydrogen) atoms. The SMILES string of the molecule is CC(C)NCc1ccnc(Oc2ccccc2Cl)c1F. The van der Waals surface area contributed by atoms with Crippen LogP contribution in [0.15, 0.2) is 36.5 Å². The molecule has 5 heteroatoms. The molecule has 0 fully saturated rings. The minimum absolute atomic E-state index is 0.0684. The van der Waals surface area contributed by atoms with Gasteiger partial charge in [0.15, 0.2) is 5.82 Å². The average Bonchev–Trinajstić information content (AvgIpc) is 2.42. The second kappa shape index (κ2) is 6.68. The van der Waals surface area contributed by atoms with Crippen LogP contribution < -0.4 is 10.1 Å². The summed E-state index contributed by atoms with van der Waals surface area (Å²) in [6.45, 7) is 4.42. The van der Waals surface area contributed by atoms with Crippen molar-refractivity contribution in [2.75, 3.05) is 0 Å². The van der Waals surface area contributed by atoms with Crippen molar-refractivity contribution in [2.45, 2.75) is 26.4 Å². The lowest BCUT2D eigenvalue weighted by atomic mass is 10.2. The van der Waals surface area contributed by atoms with Gasteiger partial charge >= 0.3 is 0 Å². The van der Waals surface area contributed by atoms with Gasteiger partial charge in [-0.05, 0) is 18.2 Å². The van der Waals surface area contributed by atoms with Crippen molar-refractivity contribution in [2.24, 2.45) is 0 Å². The maximum atomic E-state index is 14.3. The molecular weight excluding hydrogens is 279 g/mol. The number of ether oxygens (including phenoxy) is 1. The summed E-state index contributed by atoms with van der Waals surface area (Å²) in [5.41, 5.74) is 0.510. The number of benzene rings is 1. The predicted octanol–water partition coefficient (Wildman–Crippen LogP) is 4.16. The Morgan fingerprint density at radius 1 is 1.30 bits per heavy atom. The Bertz CT molecular complexity index is 590. The molecule has 106 valence electrons. The second-order valence-corrected chi connectivity index (χ2v) is 5.06. The van der Waals surface area contributed by atoms with Crippen molar-refractivity contribution in [3.8, 4) is 11.6 Å². The molecule has 0 bridgehead atoms. The fraction of sp³-hybridized carbons (Fsp3) is 0.267. The molecule has 1 heterocycles. The van der Waals surface area contributed by atoms with Crippen LogP contribution in [-0.2, 0) is 6.54 Å². The van der Waals surface area contributed by atoms with E-state index in [2.05, 4.69) is 10.3 Å². The van der Waals surface area contributed by atoms with E-state index in [4.69, 9.17) is 16.3 Å². The number of nitrogens with zero attached hydrogens (tertiary/aromatic N) is 1. The monoisotopic (exact) mass is 294 g/mol. The van der Waals surface area contributed by atoms with Crippen molar-refractivity contribution in [1.82, 2.24) is 10.3 Å². The minimum atomic E-state index is -0.472. The van der Waals surface area contributed by atoms with E-state index in [1.807, 2.05) is 13.8 Å². The van der Waals surface area contributed by atoms with Crippen molar-refractivity contribution in [1.29, 1.82) is 0 Å². The van der Waals surface area contributed by atoms with Gasteiger partial charge in [0.1, 0.15) is 5.75 Å². The summed E-state index contributed by atoms with van der Waals surface area (Å²) >= 11 is 5.98. The zero-order chi connectivity index (χ0) is 14.5. The Kier molecular flexibility index (Phi) is 4.93. The van der Waals surface area contributed by atoms with Crippen LogP contribution in [0.4, 0.5) is 4.39 Å². The van der Waals surface area contributed by atoms with Gasteiger partial charge in [-0.2, -0.15) is 0 Å². The van der Waals surface area contributed by atoms with E-state index in [9.17, 15) is 4.39 Å². The van der Waals surface area contributed by atoms with Crippen LogP contribution in [0.1, 0.15) is 19.4 Å². The molecule has 2 aromatic rings. The molecule has 2 rings (SSSR count). The Morgan fingerprint density at radius 3 is 2.75 bits per heavy atom. The third-order valence-electron chi connectivity index (χ3n) is 2.68. The van der Waals surface area contributed by atoms with Crippen LogP contribution in [-0.4, -0.2) is 11.0 Å². The van der Waals surface area contributed by atoms with Gasteiger partial charge in [-0.1, -0.05) is 37.6 Å². The first-order valence-corrected chi connectivity index (χ1v) is 6.75. The summed E-state index contributed by atoms with van der Waals surface area (Å²) in [6.07, 6.45) is 1.52. The van der Waals surface area contributed by atoms with Gasteiger partial charge in [-0.15, -0.1) is 0 Å². The first-order chi connectivity index (χ1) is 9.58. The van der Waals surface area contributed by atoms with E-state index >= 15 is 0 Å². The number of nitrogens with one attached hydrogen (secondary N) is 1. The number of halogens is 2. The zero-order valence-corrected chi connectivity index (χ0v) is 12.1. The van der Waals surface area contributed by atoms with Crippen molar-refractivity contribution in [3.05, 3.63) is 52.9 Å². The van der Waals surface area contributed by atoms with E-state index in [1.165, 1.54) is 6.20 Å². The van der Waals surface area contributed by atoms with Gasteiger partial charge in [0.05, 0.1) is 5.02 Å². The lowest BCUT2D eigenvalue weighted by molar-refractivity contribution is 0.416. The lowest BCUT2D eigenvalue weighted by Gasteiger charge is -2.11. The Hall–Kier alpha value is -1.65. The summed E-state index contributed by atoms with van der Waals surface area (Å²) in [5, 5.41) is 3.57. The molecule has 0 saturated carbocycles. The van der Waals surface area contributed by atoms with E-state index in [0.29, 0.717) is 22.9 Å². The highest BCUT2D eigenvalue weighted by molar-refractivity contribution is 6.32. The number of para-hydroxylation sites is 1. The van der Waals surface area contributed by atoms with E-state index in [1.54, 1.807) is 30.3 Å². The molecule has 0 atom stereocenters. The van der Waals surface area contributed by atoms with Gasteiger partial charge in [0, 0.05) is 24.3 Å². The molecule has 1 aromatic carbocycles. The zero-order valence-electron chi connectivity index (χ0n) is 11.4. The topological polar surface area (TPSA) is 34.2 Å². The van der Waals surface area contributed by atoms with Crippen LogP contribution >= 0.6 is 11.6 Å². The molecule has 0 aliphatic rings. The molecule has 0 aliphatic carbocycles. The summed E-state index contributed by atoms with van der Waals surface area (Å²) in [6, 6.07) is 8.80.